The molecule has 19 heavy (non-hydrogen) atoms. The Labute approximate surface area is 114 Å². The van der Waals surface area contributed by atoms with Crippen LogP contribution in [0.4, 0.5) is 0 Å². The summed E-state index contributed by atoms with van der Waals surface area (Å²) in [5.74, 6) is 1.14. The van der Waals surface area contributed by atoms with Gasteiger partial charge in [0.2, 0.25) is 0 Å². The highest BCUT2D eigenvalue weighted by molar-refractivity contribution is 5.34. The summed E-state index contributed by atoms with van der Waals surface area (Å²) in [5, 5.41) is 3.66. The van der Waals surface area contributed by atoms with Crippen LogP contribution in [0.5, 0.6) is 0 Å². The highest BCUT2D eigenvalue weighted by Crippen LogP contribution is 2.30. The average Bonchev–Trinajstić information content (AvgIpc) is 3.04. The van der Waals surface area contributed by atoms with Gasteiger partial charge in [-0.2, -0.15) is 0 Å². The zero-order chi connectivity index (χ0) is 13.1. The van der Waals surface area contributed by atoms with Gasteiger partial charge >= 0.3 is 0 Å². The van der Waals surface area contributed by atoms with E-state index in [4.69, 9.17) is 0 Å². The zero-order valence-electron chi connectivity index (χ0n) is 11.5. The molecule has 0 saturated heterocycles. The van der Waals surface area contributed by atoms with E-state index in [2.05, 4.69) is 52.3 Å². The maximum atomic E-state index is 4.45. The van der Waals surface area contributed by atoms with Gasteiger partial charge in [0.1, 0.15) is 5.82 Å². The first kappa shape index (κ1) is 12.4. The molecule has 3 rings (SSSR count). The highest BCUT2D eigenvalue weighted by atomic mass is 15.1. The maximum Gasteiger partial charge on any atom is 0.122 e. The first-order chi connectivity index (χ1) is 9.38. The van der Waals surface area contributed by atoms with Crippen molar-refractivity contribution < 1.29 is 0 Å². The molecule has 3 heteroatoms. The summed E-state index contributed by atoms with van der Waals surface area (Å²) >= 11 is 0. The third-order valence-corrected chi connectivity index (χ3v) is 3.91. The Balaban J connectivity index is 1.66. The largest absolute Gasteiger partial charge is 0.334 e. The van der Waals surface area contributed by atoms with Gasteiger partial charge < -0.3 is 9.88 Å². The number of rotatable bonds is 5. The molecule has 1 heterocycles. The van der Waals surface area contributed by atoms with Crippen LogP contribution in [0.15, 0.2) is 36.7 Å². The van der Waals surface area contributed by atoms with Crippen molar-refractivity contribution in [1.82, 2.24) is 14.9 Å². The molecule has 1 aromatic heterocycles. The third-order valence-electron chi connectivity index (χ3n) is 3.91. The van der Waals surface area contributed by atoms with Crippen molar-refractivity contribution in [1.29, 1.82) is 0 Å². The Hall–Kier alpha value is -1.61. The van der Waals surface area contributed by atoms with Gasteiger partial charge in [-0.25, -0.2) is 4.98 Å². The van der Waals surface area contributed by atoms with Gasteiger partial charge in [0.05, 0.1) is 6.54 Å². The van der Waals surface area contributed by atoms with Crippen molar-refractivity contribution in [2.24, 2.45) is 0 Å². The van der Waals surface area contributed by atoms with E-state index >= 15 is 0 Å². The Kier molecular flexibility index (Phi) is 3.65. The highest BCUT2D eigenvalue weighted by Gasteiger charge is 2.21. The Morgan fingerprint density at radius 2 is 2.26 bits per heavy atom. The molecule has 100 valence electrons. The maximum absolute atomic E-state index is 4.45. The van der Waals surface area contributed by atoms with Crippen LogP contribution < -0.4 is 5.32 Å². The molecule has 1 unspecified atom stereocenters. The van der Waals surface area contributed by atoms with Crippen molar-refractivity contribution >= 4 is 0 Å². The van der Waals surface area contributed by atoms with Crippen molar-refractivity contribution in [3.05, 3.63) is 53.6 Å². The molecular formula is C16H21N3. The van der Waals surface area contributed by atoms with Gasteiger partial charge in [0.25, 0.3) is 0 Å². The van der Waals surface area contributed by atoms with Crippen molar-refractivity contribution in [2.75, 3.05) is 0 Å². The third kappa shape index (κ3) is 2.56. The van der Waals surface area contributed by atoms with Gasteiger partial charge in [-0.15, -0.1) is 0 Å². The van der Waals surface area contributed by atoms with Crippen LogP contribution in [0, 0.1) is 0 Å². The summed E-state index contributed by atoms with van der Waals surface area (Å²) < 4.78 is 2.24. The molecular weight excluding hydrogens is 234 g/mol. The molecule has 0 saturated carbocycles. The van der Waals surface area contributed by atoms with E-state index in [-0.39, 0.29) is 0 Å². The lowest BCUT2D eigenvalue weighted by Gasteiger charge is -2.14. The minimum Gasteiger partial charge on any atom is -0.334 e. The molecule has 0 amide bonds. The lowest BCUT2D eigenvalue weighted by molar-refractivity contribution is 0.502. The number of aromatic nitrogens is 2. The van der Waals surface area contributed by atoms with E-state index in [1.165, 1.54) is 24.0 Å². The molecule has 1 aliphatic carbocycles. The van der Waals surface area contributed by atoms with E-state index in [0.717, 1.165) is 25.3 Å². The number of hydrogen-bond donors (Lipinski definition) is 1. The summed E-state index contributed by atoms with van der Waals surface area (Å²) in [4.78, 5) is 4.45. The fraction of sp³-hybridized carbons (Fsp3) is 0.438. The predicted octanol–water partition coefficient (Wildman–Crippen LogP) is 3.07. The molecule has 1 N–H and O–H groups in total. The van der Waals surface area contributed by atoms with E-state index in [0.29, 0.717) is 6.04 Å². The van der Waals surface area contributed by atoms with Crippen molar-refractivity contribution in [3.63, 3.8) is 0 Å². The molecule has 0 fully saturated rings. The minimum atomic E-state index is 0.489. The van der Waals surface area contributed by atoms with Gasteiger partial charge in [0.15, 0.2) is 0 Å². The second-order valence-electron chi connectivity index (χ2n) is 5.21. The lowest BCUT2D eigenvalue weighted by Crippen LogP contribution is -2.21. The number of benzene rings is 1. The molecule has 0 bridgehead atoms. The van der Waals surface area contributed by atoms with E-state index in [1.807, 2.05) is 6.20 Å². The standard InChI is InChI=1S/C16H21N3/c1-2-10-19-11-9-17-16(19)12-18-15-8-7-13-5-3-4-6-14(13)15/h3-6,9,11,15,18H,2,7-8,10,12H2,1H3. The molecule has 0 spiro atoms. The summed E-state index contributed by atoms with van der Waals surface area (Å²) in [5.41, 5.74) is 2.97. The molecule has 1 aromatic carbocycles. The number of imidazole rings is 1. The topological polar surface area (TPSA) is 29.9 Å². The molecule has 1 aliphatic rings. The quantitative estimate of drug-likeness (QED) is 0.890. The van der Waals surface area contributed by atoms with Crippen LogP contribution >= 0.6 is 0 Å². The fourth-order valence-electron chi connectivity index (χ4n) is 2.94. The summed E-state index contributed by atoms with van der Waals surface area (Å²) in [6, 6.07) is 9.25. The van der Waals surface area contributed by atoms with Crippen LogP contribution in [0.25, 0.3) is 0 Å². The first-order valence-corrected chi connectivity index (χ1v) is 7.19. The van der Waals surface area contributed by atoms with Crippen molar-refractivity contribution in [2.45, 2.75) is 45.3 Å². The van der Waals surface area contributed by atoms with Crippen LogP contribution in [-0.4, -0.2) is 9.55 Å². The number of hydrogen-bond acceptors (Lipinski definition) is 2. The summed E-state index contributed by atoms with van der Waals surface area (Å²) in [6.45, 7) is 4.11. The van der Waals surface area contributed by atoms with Gasteiger partial charge in [-0.3, -0.25) is 0 Å². The second-order valence-corrected chi connectivity index (χ2v) is 5.21. The number of nitrogens with zero attached hydrogens (tertiary/aromatic N) is 2. The Bertz CT molecular complexity index is 544. The average molecular weight is 255 g/mol. The van der Waals surface area contributed by atoms with Gasteiger partial charge in [-0.1, -0.05) is 31.2 Å². The van der Waals surface area contributed by atoms with E-state index < -0.39 is 0 Å². The van der Waals surface area contributed by atoms with E-state index in [1.54, 1.807) is 0 Å². The van der Waals surface area contributed by atoms with Crippen LogP contribution in [-0.2, 0) is 19.5 Å². The zero-order valence-corrected chi connectivity index (χ0v) is 11.5. The summed E-state index contributed by atoms with van der Waals surface area (Å²) in [7, 11) is 0. The fourth-order valence-corrected chi connectivity index (χ4v) is 2.94. The Morgan fingerprint density at radius 1 is 1.37 bits per heavy atom. The van der Waals surface area contributed by atoms with Crippen LogP contribution in [0.3, 0.4) is 0 Å². The van der Waals surface area contributed by atoms with Gasteiger partial charge in [-0.05, 0) is 30.4 Å². The monoisotopic (exact) mass is 255 g/mol. The Morgan fingerprint density at radius 3 is 3.16 bits per heavy atom. The van der Waals surface area contributed by atoms with Gasteiger partial charge in [0, 0.05) is 25.0 Å². The number of aryl methyl sites for hydroxylation is 2. The molecule has 0 aliphatic heterocycles. The second kappa shape index (κ2) is 5.57. The number of nitrogens with one attached hydrogen (secondary N) is 1. The first-order valence-electron chi connectivity index (χ1n) is 7.19. The normalized spacial score (nSPS) is 17.6. The SMILES string of the molecule is CCCn1ccnc1CNC1CCc2ccccc21. The van der Waals surface area contributed by atoms with Crippen LogP contribution in [0.1, 0.15) is 42.8 Å². The predicted molar refractivity (Wildman–Crippen MR) is 76.9 cm³/mol. The molecule has 2 aromatic rings. The summed E-state index contributed by atoms with van der Waals surface area (Å²) in [6.07, 6.45) is 7.51. The molecule has 0 radical (unpaired) electrons. The number of fused-ring (bicyclic) bond motifs is 1. The van der Waals surface area contributed by atoms with Crippen molar-refractivity contribution in [3.8, 4) is 0 Å². The van der Waals surface area contributed by atoms with E-state index in [9.17, 15) is 0 Å². The molecule has 1 atom stereocenters. The van der Waals surface area contributed by atoms with Crippen LogP contribution in [0.2, 0.25) is 0 Å². The lowest BCUT2D eigenvalue weighted by atomic mass is 10.1. The smallest absolute Gasteiger partial charge is 0.122 e. The minimum absolute atomic E-state index is 0.489. The molecule has 3 nitrogen and oxygen atoms in total.